The summed E-state index contributed by atoms with van der Waals surface area (Å²) in [6.07, 6.45) is 4.78. The third-order valence-corrected chi connectivity index (χ3v) is 6.66. The summed E-state index contributed by atoms with van der Waals surface area (Å²) in [4.78, 5) is 27.1. The Kier molecular flexibility index (Phi) is 6.52. The van der Waals surface area contributed by atoms with Gasteiger partial charge in [0.2, 0.25) is 0 Å². The van der Waals surface area contributed by atoms with Gasteiger partial charge in [-0.05, 0) is 63.2 Å². The van der Waals surface area contributed by atoms with Crippen molar-refractivity contribution in [2.24, 2.45) is 0 Å². The Bertz CT molecular complexity index is 1370. The second-order valence-electron chi connectivity index (χ2n) is 8.88. The lowest BCUT2D eigenvalue weighted by molar-refractivity contribution is 0.0512. The number of aromatic amines is 1. The smallest absolute Gasteiger partial charge is 0.251 e. The fraction of sp³-hybridized carbons (Fsp3) is 0.346. The van der Waals surface area contributed by atoms with Gasteiger partial charge >= 0.3 is 0 Å². The quantitative estimate of drug-likeness (QED) is 0.333. The molecular formula is C26H29N5O4. The number of methoxy groups -OCH3 is 1. The Labute approximate surface area is 203 Å². The first-order valence-electron chi connectivity index (χ1n) is 11.7. The van der Waals surface area contributed by atoms with Gasteiger partial charge in [0.25, 0.3) is 5.91 Å². The molecule has 1 aliphatic heterocycles. The van der Waals surface area contributed by atoms with Crippen LogP contribution in [0.2, 0.25) is 0 Å². The molecule has 0 bridgehead atoms. The van der Waals surface area contributed by atoms with Gasteiger partial charge < -0.3 is 29.8 Å². The molecule has 1 fully saturated rings. The van der Waals surface area contributed by atoms with Crippen LogP contribution in [0, 0.1) is 0 Å². The van der Waals surface area contributed by atoms with Gasteiger partial charge in [-0.1, -0.05) is 0 Å². The molecule has 2 aromatic carbocycles. The lowest BCUT2D eigenvalue weighted by Crippen LogP contribution is -2.31. The molecule has 1 amide bonds. The first-order valence-corrected chi connectivity index (χ1v) is 11.7. The van der Waals surface area contributed by atoms with Crippen LogP contribution in [-0.2, 0) is 4.74 Å². The second-order valence-corrected chi connectivity index (χ2v) is 8.88. The highest BCUT2D eigenvalue weighted by Crippen LogP contribution is 2.39. The van der Waals surface area contributed by atoms with Crippen LogP contribution in [0.4, 0.5) is 0 Å². The first kappa shape index (κ1) is 23.1. The maximum atomic E-state index is 12.9. The van der Waals surface area contributed by atoms with E-state index in [1.165, 1.54) is 19.2 Å². The number of likely N-dealkylation sites (tertiary alicyclic amines) is 1. The Hall–Kier alpha value is -3.69. The van der Waals surface area contributed by atoms with Gasteiger partial charge in [-0.15, -0.1) is 0 Å². The number of carbonyl (C=O) groups excluding carboxylic acids is 1. The largest absolute Gasteiger partial charge is 0.494 e. The van der Waals surface area contributed by atoms with E-state index in [-0.39, 0.29) is 18.6 Å². The summed E-state index contributed by atoms with van der Waals surface area (Å²) in [5, 5.41) is 15.3. The fourth-order valence-electron chi connectivity index (χ4n) is 4.81. The molecule has 1 saturated heterocycles. The Morgan fingerprint density at radius 2 is 2.11 bits per heavy atom. The molecule has 4 aromatic rings. The molecule has 1 atom stereocenters. The van der Waals surface area contributed by atoms with Crippen molar-refractivity contribution in [3.05, 3.63) is 48.3 Å². The molecule has 2 aromatic heterocycles. The predicted octanol–water partition coefficient (Wildman–Crippen LogP) is 3.68. The van der Waals surface area contributed by atoms with Crippen LogP contribution in [0.25, 0.3) is 33.1 Å². The number of amides is 1. The predicted molar refractivity (Wildman–Crippen MR) is 134 cm³/mol. The number of aromatic nitrogens is 3. The van der Waals surface area contributed by atoms with Crippen molar-refractivity contribution in [2.45, 2.75) is 25.3 Å². The van der Waals surface area contributed by atoms with Crippen molar-refractivity contribution < 1.29 is 19.4 Å². The molecule has 1 unspecified atom stereocenters. The Morgan fingerprint density at radius 3 is 2.91 bits per heavy atom. The van der Waals surface area contributed by atoms with E-state index in [9.17, 15) is 9.90 Å². The summed E-state index contributed by atoms with van der Waals surface area (Å²) in [5.41, 5.74) is 3.02. The molecular weight excluding hydrogens is 446 g/mol. The lowest BCUT2D eigenvalue weighted by atomic mass is 10.0. The highest BCUT2D eigenvalue weighted by Gasteiger charge is 2.21. The highest BCUT2D eigenvalue weighted by atomic mass is 16.7. The van der Waals surface area contributed by atoms with Gasteiger partial charge in [-0.2, -0.15) is 0 Å². The zero-order chi connectivity index (χ0) is 24.4. The zero-order valence-corrected chi connectivity index (χ0v) is 19.9. The minimum Gasteiger partial charge on any atom is -0.494 e. The molecule has 3 heterocycles. The zero-order valence-electron chi connectivity index (χ0n) is 19.9. The summed E-state index contributed by atoms with van der Waals surface area (Å²) in [6.45, 7) is 1.88. The standard InChI is InChI=1S/C26H29N5O4/c1-31-11-3-4-17(31)9-10-27-25(32)16-5-8-21-20(12-16)23(26(33)30-21)24-19-7-6-18(35-15-34-2)13-22(19)28-14-29-24/h5-8,12-14,17,30,33H,3-4,9-11,15H2,1-2H3,(H,27,32). The average Bonchev–Trinajstić information content (AvgIpc) is 3.43. The number of carbonyl (C=O) groups is 1. The molecule has 0 spiro atoms. The van der Waals surface area contributed by atoms with Crippen molar-refractivity contribution in [2.75, 3.05) is 34.0 Å². The van der Waals surface area contributed by atoms with Crippen molar-refractivity contribution in [3.63, 3.8) is 0 Å². The fourth-order valence-corrected chi connectivity index (χ4v) is 4.81. The van der Waals surface area contributed by atoms with Gasteiger partial charge in [0.05, 0.1) is 16.8 Å². The SMILES string of the molecule is COCOc1ccc2c(-c3c(O)[nH]c4ccc(C(=O)NCCC5CCCN5C)cc34)ncnc2c1. The molecule has 0 radical (unpaired) electrons. The topological polar surface area (TPSA) is 113 Å². The number of nitrogens with one attached hydrogen (secondary N) is 2. The molecule has 5 rings (SSSR count). The molecule has 9 nitrogen and oxygen atoms in total. The lowest BCUT2D eigenvalue weighted by Gasteiger charge is -2.19. The molecule has 35 heavy (non-hydrogen) atoms. The number of hydrogen-bond acceptors (Lipinski definition) is 7. The van der Waals surface area contributed by atoms with E-state index >= 15 is 0 Å². The number of hydrogen-bond donors (Lipinski definition) is 3. The number of H-pyrrole nitrogens is 1. The normalized spacial score (nSPS) is 16.2. The van der Waals surface area contributed by atoms with Crippen molar-refractivity contribution in [1.82, 2.24) is 25.2 Å². The van der Waals surface area contributed by atoms with E-state index in [1.807, 2.05) is 6.07 Å². The monoisotopic (exact) mass is 475 g/mol. The minimum atomic E-state index is -0.133. The van der Waals surface area contributed by atoms with E-state index in [1.54, 1.807) is 37.4 Å². The van der Waals surface area contributed by atoms with Crippen LogP contribution in [-0.4, -0.2) is 70.9 Å². The van der Waals surface area contributed by atoms with Crippen LogP contribution < -0.4 is 10.1 Å². The van der Waals surface area contributed by atoms with E-state index in [0.717, 1.165) is 18.4 Å². The van der Waals surface area contributed by atoms with Crippen LogP contribution in [0.5, 0.6) is 11.6 Å². The Morgan fingerprint density at radius 1 is 1.23 bits per heavy atom. The van der Waals surface area contributed by atoms with Gasteiger partial charge in [0.1, 0.15) is 12.1 Å². The van der Waals surface area contributed by atoms with E-state index < -0.39 is 0 Å². The highest BCUT2D eigenvalue weighted by molar-refractivity contribution is 6.07. The molecule has 0 aliphatic carbocycles. The van der Waals surface area contributed by atoms with Gasteiger partial charge in [-0.3, -0.25) is 4.79 Å². The van der Waals surface area contributed by atoms with E-state index in [4.69, 9.17) is 9.47 Å². The van der Waals surface area contributed by atoms with Crippen molar-refractivity contribution >= 4 is 27.7 Å². The average molecular weight is 476 g/mol. The summed E-state index contributed by atoms with van der Waals surface area (Å²) < 4.78 is 10.5. The number of benzene rings is 2. The summed E-state index contributed by atoms with van der Waals surface area (Å²) in [7, 11) is 3.70. The van der Waals surface area contributed by atoms with E-state index in [0.29, 0.717) is 51.6 Å². The minimum absolute atomic E-state index is 0.0125. The second kappa shape index (κ2) is 9.89. The third-order valence-electron chi connectivity index (χ3n) is 6.66. The number of aromatic hydroxyl groups is 1. The number of fused-ring (bicyclic) bond motifs is 2. The van der Waals surface area contributed by atoms with Crippen LogP contribution in [0.3, 0.4) is 0 Å². The summed E-state index contributed by atoms with van der Waals surface area (Å²) in [5.74, 6) is 0.475. The molecule has 1 aliphatic rings. The van der Waals surface area contributed by atoms with Crippen LogP contribution >= 0.6 is 0 Å². The third kappa shape index (κ3) is 4.65. The summed E-state index contributed by atoms with van der Waals surface area (Å²) in [6, 6.07) is 11.3. The molecule has 3 N–H and O–H groups in total. The van der Waals surface area contributed by atoms with Crippen LogP contribution in [0.15, 0.2) is 42.7 Å². The van der Waals surface area contributed by atoms with E-state index in [2.05, 4.69) is 32.2 Å². The number of nitrogens with zero attached hydrogens (tertiary/aromatic N) is 3. The van der Waals surface area contributed by atoms with Gasteiger partial charge in [0, 0.05) is 47.6 Å². The Balaban J connectivity index is 1.44. The van der Waals surface area contributed by atoms with Gasteiger partial charge in [-0.25, -0.2) is 9.97 Å². The van der Waals surface area contributed by atoms with Crippen LogP contribution in [0.1, 0.15) is 29.6 Å². The van der Waals surface area contributed by atoms with Gasteiger partial charge in [0.15, 0.2) is 12.7 Å². The molecule has 0 saturated carbocycles. The van der Waals surface area contributed by atoms with Crippen molar-refractivity contribution in [3.8, 4) is 22.9 Å². The molecule has 9 heteroatoms. The molecule has 182 valence electrons. The number of ether oxygens (including phenoxy) is 2. The number of rotatable bonds is 8. The first-order chi connectivity index (χ1) is 17.0. The maximum Gasteiger partial charge on any atom is 0.251 e. The maximum absolute atomic E-state index is 12.9. The van der Waals surface area contributed by atoms with Crippen molar-refractivity contribution in [1.29, 1.82) is 0 Å². The summed E-state index contributed by atoms with van der Waals surface area (Å²) >= 11 is 0.